The fraction of sp³-hybridized carbons (Fsp3) is 0.714. The Balaban J connectivity index is 0.00000200. The molecule has 0 spiro atoms. The van der Waals surface area contributed by atoms with E-state index in [-0.39, 0.29) is 42.7 Å². The van der Waals surface area contributed by atoms with Crippen molar-refractivity contribution < 1.29 is 4.79 Å². The fourth-order valence-corrected chi connectivity index (χ4v) is 3.34. The Morgan fingerprint density at radius 1 is 1.48 bits per heavy atom. The van der Waals surface area contributed by atoms with Gasteiger partial charge in [0, 0.05) is 17.3 Å². The number of carbonyl (C=O) groups excluding carboxylic acids is 1. The van der Waals surface area contributed by atoms with E-state index >= 15 is 0 Å². The molecule has 0 aliphatic heterocycles. The van der Waals surface area contributed by atoms with E-state index in [2.05, 4.69) is 29.5 Å². The number of nitrogens with one attached hydrogen (secondary N) is 1. The third-order valence-corrected chi connectivity index (χ3v) is 4.53. The number of nitrogens with two attached hydrogens (primary N) is 1. The second-order valence-electron chi connectivity index (χ2n) is 5.66. The average molecular weight is 354 g/mol. The topological polar surface area (TPSA) is 68.0 Å². The molecular weight excluding hydrogens is 329 g/mol. The van der Waals surface area contributed by atoms with Crippen LogP contribution in [0.4, 0.5) is 0 Å². The van der Waals surface area contributed by atoms with Gasteiger partial charge in [-0.05, 0) is 25.2 Å². The van der Waals surface area contributed by atoms with Gasteiger partial charge in [-0.15, -0.1) is 36.2 Å². The van der Waals surface area contributed by atoms with Gasteiger partial charge in [0.05, 0.1) is 12.2 Å². The predicted molar refractivity (Wildman–Crippen MR) is 92.5 cm³/mol. The maximum atomic E-state index is 12.1. The van der Waals surface area contributed by atoms with Crippen LogP contribution in [0, 0.1) is 5.92 Å². The van der Waals surface area contributed by atoms with Crippen LogP contribution >= 0.6 is 36.2 Å². The summed E-state index contributed by atoms with van der Waals surface area (Å²) < 4.78 is 0. The number of hydrogen-bond acceptors (Lipinski definition) is 4. The molecule has 1 heterocycles. The van der Waals surface area contributed by atoms with Crippen LogP contribution in [-0.4, -0.2) is 16.9 Å². The molecule has 0 bridgehead atoms. The Labute approximate surface area is 143 Å². The molecule has 7 heteroatoms. The summed E-state index contributed by atoms with van der Waals surface area (Å²) in [7, 11) is 0. The summed E-state index contributed by atoms with van der Waals surface area (Å²) in [6, 6.07) is 0.192. The van der Waals surface area contributed by atoms with Crippen molar-refractivity contribution in [2.24, 2.45) is 11.7 Å². The Bertz CT molecular complexity index is 440. The average Bonchev–Trinajstić information content (AvgIpc) is 2.85. The molecule has 1 aliphatic rings. The number of rotatable bonds is 4. The zero-order chi connectivity index (χ0) is 13.8. The van der Waals surface area contributed by atoms with Gasteiger partial charge in [0.1, 0.15) is 5.01 Å². The molecule has 1 aromatic heterocycles. The van der Waals surface area contributed by atoms with Crippen LogP contribution in [0.2, 0.25) is 0 Å². The number of amides is 1. The predicted octanol–water partition coefficient (Wildman–Crippen LogP) is 3.24. The zero-order valence-electron chi connectivity index (χ0n) is 12.5. The lowest BCUT2D eigenvalue weighted by molar-refractivity contribution is -0.126. The molecule has 1 fully saturated rings. The highest BCUT2D eigenvalue weighted by Crippen LogP contribution is 2.23. The molecular formula is C14H25Cl2N3OS. The van der Waals surface area contributed by atoms with Crippen molar-refractivity contribution in [3.63, 3.8) is 0 Å². The number of halogens is 2. The van der Waals surface area contributed by atoms with Crippen LogP contribution in [0.5, 0.6) is 0 Å². The van der Waals surface area contributed by atoms with Gasteiger partial charge in [0.15, 0.2) is 0 Å². The summed E-state index contributed by atoms with van der Waals surface area (Å²) in [5.74, 6) is 0.668. The molecule has 0 saturated heterocycles. The van der Waals surface area contributed by atoms with Crippen LogP contribution < -0.4 is 11.1 Å². The zero-order valence-corrected chi connectivity index (χ0v) is 15.0. The molecule has 2 unspecified atom stereocenters. The van der Waals surface area contributed by atoms with Crippen LogP contribution in [0.3, 0.4) is 0 Å². The summed E-state index contributed by atoms with van der Waals surface area (Å²) in [4.78, 5) is 16.6. The largest absolute Gasteiger partial charge is 0.349 e. The first-order chi connectivity index (χ1) is 9.06. The Morgan fingerprint density at radius 3 is 2.76 bits per heavy atom. The number of thiazole rings is 1. The highest BCUT2D eigenvalue weighted by molar-refractivity contribution is 7.09. The molecule has 2 atom stereocenters. The minimum atomic E-state index is 0. The van der Waals surface area contributed by atoms with Gasteiger partial charge >= 0.3 is 0 Å². The first kappa shape index (κ1) is 20.6. The molecule has 1 amide bonds. The number of carbonyl (C=O) groups is 1. The molecule has 2 rings (SSSR count). The maximum Gasteiger partial charge on any atom is 0.223 e. The summed E-state index contributed by atoms with van der Waals surface area (Å²) >= 11 is 1.62. The number of hydrogen-bond donors (Lipinski definition) is 2. The van der Waals surface area contributed by atoms with Crippen LogP contribution in [0.1, 0.15) is 56.2 Å². The summed E-state index contributed by atoms with van der Waals surface area (Å²) in [5, 5.41) is 6.05. The minimum Gasteiger partial charge on any atom is -0.349 e. The van der Waals surface area contributed by atoms with Crippen LogP contribution in [0.25, 0.3) is 0 Å². The van der Waals surface area contributed by atoms with E-state index in [1.165, 1.54) is 0 Å². The Morgan fingerprint density at radius 2 is 2.19 bits per heavy atom. The summed E-state index contributed by atoms with van der Waals surface area (Å²) in [6.45, 7) is 4.80. The van der Waals surface area contributed by atoms with Gasteiger partial charge in [0.25, 0.3) is 0 Å². The molecule has 0 radical (unpaired) electrons. The van der Waals surface area contributed by atoms with E-state index < -0.39 is 0 Å². The fourth-order valence-electron chi connectivity index (χ4n) is 2.44. The van der Waals surface area contributed by atoms with Crippen LogP contribution in [0.15, 0.2) is 5.38 Å². The monoisotopic (exact) mass is 353 g/mol. The van der Waals surface area contributed by atoms with Gasteiger partial charge < -0.3 is 11.1 Å². The smallest absolute Gasteiger partial charge is 0.223 e. The molecule has 3 N–H and O–H groups in total. The number of aromatic nitrogens is 1. The third-order valence-electron chi connectivity index (χ3n) is 3.66. The van der Waals surface area contributed by atoms with Crippen molar-refractivity contribution in [2.45, 2.75) is 58.0 Å². The van der Waals surface area contributed by atoms with Crippen molar-refractivity contribution in [1.29, 1.82) is 0 Å². The highest BCUT2D eigenvalue weighted by Gasteiger charge is 2.25. The van der Waals surface area contributed by atoms with E-state index in [0.29, 0.717) is 12.5 Å². The van der Waals surface area contributed by atoms with Crippen molar-refractivity contribution in [2.75, 3.05) is 0 Å². The van der Waals surface area contributed by atoms with Gasteiger partial charge in [-0.3, -0.25) is 4.79 Å². The van der Waals surface area contributed by atoms with E-state index in [1.807, 2.05) is 0 Å². The normalized spacial score (nSPS) is 21.3. The molecule has 4 nitrogen and oxygen atoms in total. The summed E-state index contributed by atoms with van der Waals surface area (Å²) in [6.07, 6.45) is 3.90. The third kappa shape index (κ3) is 6.10. The van der Waals surface area contributed by atoms with E-state index in [4.69, 9.17) is 5.73 Å². The molecule has 1 saturated carbocycles. The molecule has 1 aliphatic carbocycles. The van der Waals surface area contributed by atoms with Gasteiger partial charge in [-0.25, -0.2) is 4.98 Å². The van der Waals surface area contributed by atoms with Gasteiger partial charge in [-0.1, -0.05) is 20.3 Å². The van der Waals surface area contributed by atoms with Crippen LogP contribution in [-0.2, 0) is 11.3 Å². The van der Waals surface area contributed by atoms with Crippen molar-refractivity contribution in [3.05, 3.63) is 16.1 Å². The highest BCUT2D eigenvalue weighted by atomic mass is 35.5. The van der Waals surface area contributed by atoms with E-state index in [1.54, 1.807) is 11.3 Å². The molecule has 0 aromatic carbocycles. The summed E-state index contributed by atoms with van der Waals surface area (Å²) in [5.41, 5.74) is 7.02. The van der Waals surface area contributed by atoms with Gasteiger partial charge in [-0.2, -0.15) is 0 Å². The van der Waals surface area contributed by atoms with Crippen molar-refractivity contribution >= 4 is 42.1 Å². The first-order valence-electron chi connectivity index (χ1n) is 7.04. The lowest BCUT2D eigenvalue weighted by atomic mass is 9.85. The first-order valence-corrected chi connectivity index (χ1v) is 7.91. The Kier molecular flexibility index (Phi) is 9.45. The Hall–Kier alpha value is -0.360. The lowest BCUT2D eigenvalue weighted by Crippen LogP contribution is -2.37. The number of nitrogens with zero attached hydrogens (tertiary/aromatic N) is 1. The lowest BCUT2D eigenvalue weighted by Gasteiger charge is -2.25. The van der Waals surface area contributed by atoms with Gasteiger partial charge in [0.2, 0.25) is 5.91 Å². The van der Waals surface area contributed by atoms with Crippen molar-refractivity contribution in [1.82, 2.24) is 10.3 Å². The molecule has 21 heavy (non-hydrogen) atoms. The van der Waals surface area contributed by atoms with E-state index in [0.717, 1.165) is 36.4 Å². The second-order valence-corrected chi connectivity index (χ2v) is 6.60. The molecule has 1 aromatic rings. The quantitative estimate of drug-likeness (QED) is 0.872. The van der Waals surface area contributed by atoms with Crippen molar-refractivity contribution in [3.8, 4) is 0 Å². The standard InChI is InChI=1S/C14H23N3OS.2ClH/c1-9(2)12-8-19-13(17-12)7-16-14(18)10-4-3-5-11(15)6-10;;/h8-11H,3-7,15H2,1-2H3,(H,16,18);2*1H. The minimum absolute atomic E-state index is 0. The maximum absolute atomic E-state index is 12.1. The SMILES string of the molecule is CC(C)c1csc(CNC(=O)C2CCCC(N)C2)n1.Cl.Cl. The second kappa shape index (κ2) is 9.62. The van der Waals surface area contributed by atoms with E-state index in [9.17, 15) is 4.79 Å². The molecule has 122 valence electrons.